The van der Waals surface area contributed by atoms with Gasteiger partial charge in [-0.05, 0) is 12.8 Å². The molecule has 0 unspecified atom stereocenters. The molecule has 0 aliphatic heterocycles. The molecular weight excluding hydrogens is 341 g/mol. The van der Waals surface area contributed by atoms with Crippen LogP contribution in [-0.2, 0) is 19.4 Å². The van der Waals surface area contributed by atoms with Crippen molar-refractivity contribution in [1.82, 2.24) is 20.0 Å². The first-order chi connectivity index (χ1) is 8.72. The van der Waals surface area contributed by atoms with Crippen LogP contribution in [0, 0.1) is 0 Å². The number of carboxylic acids is 1. The zero-order chi connectivity index (χ0) is 12.7. The van der Waals surface area contributed by atoms with E-state index in [1.165, 1.54) is 4.68 Å². The molecule has 0 amide bonds. The van der Waals surface area contributed by atoms with E-state index in [1.807, 2.05) is 0 Å². The summed E-state index contributed by atoms with van der Waals surface area (Å²) >= 11 is 0. The van der Waals surface area contributed by atoms with Gasteiger partial charge in [-0.15, -0.1) is 37.2 Å². The number of rotatable bonds is 3. The number of H-pyrrole nitrogens is 1. The van der Waals surface area contributed by atoms with Crippen LogP contribution in [0.2, 0.25) is 0 Å². The zero-order valence-corrected chi connectivity index (χ0v) is 13.4. The van der Waals surface area contributed by atoms with Crippen molar-refractivity contribution in [3.8, 4) is 11.3 Å². The summed E-state index contributed by atoms with van der Waals surface area (Å²) in [4.78, 5) is 11.4. The van der Waals surface area contributed by atoms with Gasteiger partial charge in [0.05, 0.1) is 18.4 Å². The van der Waals surface area contributed by atoms with Crippen molar-refractivity contribution in [2.45, 2.75) is 19.4 Å². The number of nitrogens with zero attached hydrogens (tertiary/aromatic N) is 3. The minimum absolute atomic E-state index is 0. The van der Waals surface area contributed by atoms with Gasteiger partial charge in [0.1, 0.15) is 5.69 Å². The molecule has 7 nitrogen and oxygen atoms in total. The Labute approximate surface area is 139 Å². The SMILES string of the molecule is Cl.Cl.Cl.NCCn1nc2c(c1C(=O)O)CCc1[nH]ncc1-2. The quantitative estimate of drug-likeness (QED) is 0.767. The van der Waals surface area contributed by atoms with Gasteiger partial charge in [-0.1, -0.05) is 0 Å². The van der Waals surface area contributed by atoms with E-state index in [1.54, 1.807) is 6.20 Å². The third kappa shape index (κ3) is 3.16. The molecule has 0 aromatic carbocycles. The lowest BCUT2D eigenvalue weighted by Crippen LogP contribution is -2.17. The summed E-state index contributed by atoms with van der Waals surface area (Å²) in [5.74, 6) is -0.954. The van der Waals surface area contributed by atoms with Gasteiger partial charge in [0, 0.05) is 23.4 Å². The fourth-order valence-corrected chi connectivity index (χ4v) is 2.43. The number of aromatic amines is 1. The molecule has 0 fully saturated rings. The van der Waals surface area contributed by atoms with E-state index in [4.69, 9.17) is 5.73 Å². The first-order valence-electron chi connectivity index (χ1n) is 5.78. The average molecular weight is 357 g/mol. The second-order valence-corrected chi connectivity index (χ2v) is 4.25. The number of fused-ring (bicyclic) bond motifs is 3. The number of hydrogen-bond donors (Lipinski definition) is 3. The van der Waals surface area contributed by atoms with Gasteiger partial charge >= 0.3 is 5.97 Å². The molecule has 0 radical (unpaired) electrons. The molecule has 0 spiro atoms. The summed E-state index contributed by atoms with van der Waals surface area (Å²) in [5.41, 5.74) is 9.15. The maximum absolute atomic E-state index is 11.4. The molecule has 0 saturated heterocycles. The fraction of sp³-hybridized carbons (Fsp3) is 0.364. The lowest BCUT2D eigenvalue weighted by Gasteiger charge is -2.09. The van der Waals surface area contributed by atoms with Gasteiger partial charge < -0.3 is 10.8 Å². The molecule has 0 atom stereocenters. The molecular formula is C11H16Cl3N5O2. The Morgan fingerprint density at radius 2 is 2.10 bits per heavy atom. The van der Waals surface area contributed by atoms with Crippen molar-refractivity contribution in [3.05, 3.63) is 23.1 Å². The topological polar surface area (TPSA) is 110 Å². The third-order valence-corrected chi connectivity index (χ3v) is 3.19. The average Bonchev–Trinajstić information content (AvgIpc) is 2.90. The predicted molar refractivity (Wildman–Crippen MR) is 85.0 cm³/mol. The minimum atomic E-state index is -0.954. The number of halogens is 3. The van der Waals surface area contributed by atoms with Crippen LogP contribution >= 0.6 is 37.2 Å². The first-order valence-corrected chi connectivity index (χ1v) is 5.78. The predicted octanol–water partition coefficient (Wildman–Crippen LogP) is 1.29. The summed E-state index contributed by atoms with van der Waals surface area (Å²) < 4.78 is 1.48. The number of aromatic nitrogens is 4. The van der Waals surface area contributed by atoms with Crippen molar-refractivity contribution >= 4 is 43.2 Å². The fourth-order valence-electron chi connectivity index (χ4n) is 2.43. The highest BCUT2D eigenvalue weighted by Gasteiger charge is 2.28. The van der Waals surface area contributed by atoms with Crippen LogP contribution in [0.25, 0.3) is 11.3 Å². The maximum atomic E-state index is 11.4. The normalized spacial score (nSPS) is 11.3. The monoisotopic (exact) mass is 355 g/mol. The Balaban J connectivity index is 0.00000133. The van der Waals surface area contributed by atoms with Crippen molar-refractivity contribution in [2.24, 2.45) is 5.73 Å². The Bertz CT molecular complexity index is 625. The number of aromatic carboxylic acids is 1. The highest BCUT2D eigenvalue weighted by molar-refractivity contribution is 5.90. The van der Waals surface area contributed by atoms with Crippen LogP contribution in [0.15, 0.2) is 6.20 Å². The number of carboxylic acid groups (broad SMARTS) is 1. The molecule has 0 bridgehead atoms. The Morgan fingerprint density at radius 3 is 2.71 bits per heavy atom. The summed E-state index contributed by atoms with van der Waals surface area (Å²) in [6, 6.07) is 0. The molecule has 21 heavy (non-hydrogen) atoms. The molecule has 1 aliphatic carbocycles. The van der Waals surface area contributed by atoms with Crippen LogP contribution in [-0.4, -0.2) is 37.6 Å². The van der Waals surface area contributed by atoms with Crippen LogP contribution in [0.1, 0.15) is 21.7 Å². The van der Waals surface area contributed by atoms with Gasteiger partial charge in [0.15, 0.2) is 0 Å². The molecule has 2 aromatic heterocycles. The van der Waals surface area contributed by atoms with Crippen molar-refractivity contribution in [1.29, 1.82) is 0 Å². The lowest BCUT2D eigenvalue weighted by atomic mass is 9.94. The number of hydrogen-bond acceptors (Lipinski definition) is 4. The smallest absolute Gasteiger partial charge is 0.354 e. The van der Waals surface area contributed by atoms with E-state index < -0.39 is 5.97 Å². The second kappa shape index (κ2) is 7.65. The van der Waals surface area contributed by atoms with E-state index in [-0.39, 0.29) is 42.9 Å². The molecule has 3 rings (SSSR count). The van der Waals surface area contributed by atoms with E-state index in [2.05, 4.69) is 15.3 Å². The third-order valence-electron chi connectivity index (χ3n) is 3.19. The van der Waals surface area contributed by atoms with Crippen LogP contribution in [0.3, 0.4) is 0 Å². The Morgan fingerprint density at radius 1 is 1.38 bits per heavy atom. The molecule has 2 aromatic rings. The van der Waals surface area contributed by atoms with Crippen LogP contribution in [0.5, 0.6) is 0 Å². The Hall–Kier alpha value is -1.28. The second-order valence-electron chi connectivity index (χ2n) is 4.25. The van der Waals surface area contributed by atoms with Gasteiger partial charge in [-0.2, -0.15) is 10.2 Å². The minimum Gasteiger partial charge on any atom is -0.477 e. The number of carbonyl (C=O) groups is 1. The molecule has 1 aliphatic rings. The van der Waals surface area contributed by atoms with E-state index in [9.17, 15) is 9.90 Å². The Kier molecular flexibility index (Phi) is 7.18. The highest BCUT2D eigenvalue weighted by Crippen LogP contribution is 2.33. The lowest BCUT2D eigenvalue weighted by molar-refractivity contribution is 0.0682. The number of nitrogens with one attached hydrogen (secondary N) is 1. The zero-order valence-electron chi connectivity index (χ0n) is 10.9. The highest BCUT2D eigenvalue weighted by atomic mass is 35.5. The number of nitrogens with two attached hydrogens (primary N) is 1. The van der Waals surface area contributed by atoms with Gasteiger partial charge in [0.25, 0.3) is 0 Å². The summed E-state index contributed by atoms with van der Waals surface area (Å²) in [5, 5.41) is 20.6. The van der Waals surface area contributed by atoms with Crippen LogP contribution in [0.4, 0.5) is 0 Å². The maximum Gasteiger partial charge on any atom is 0.354 e. The molecule has 4 N–H and O–H groups in total. The molecule has 10 heteroatoms. The largest absolute Gasteiger partial charge is 0.477 e. The van der Waals surface area contributed by atoms with Gasteiger partial charge in [0.2, 0.25) is 0 Å². The van der Waals surface area contributed by atoms with E-state index >= 15 is 0 Å². The van der Waals surface area contributed by atoms with Crippen molar-refractivity contribution < 1.29 is 9.90 Å². The summed E-state index contributed by atoms with van der Waals surface area (Å²) in [7, 11) is 0. The standard InChI is InChI=1S/C11H13N5O2.3ClH/c12-3-4-16-10(11(17)18)6-1-2-8-7(5-13-14-8)9(6)15-16;;;/h5H,1-4,12H2,(H,13,14)(H,17,18);3*1H. The molecule has 2 heterocycles. The number of aryl methyl sites for hydroxylation is 1. The van der Waals surface area contributed by atoms with Crippen molar-refractivity contribution in [2.75, 3.05) is 6.54 Å². The van der Waals surface area contributed by atoms with Gasteiger partial charge in [-0.3, -0.25) is 9.78 Å². The first kappa shape index (κ1) is 19.7. The summed E-state index contributed by atoms with van der Waals surface area (Å²) in [6.45, 7) is 0.765. The van der Waals surface area contributed by atoms with Gasteiger partial charge in [-0.25, -0.2) is 4.79 Å². The summed E-state index contributed by atoms with van der Waals surface area (Å²) in [6.07, 6.45) is 3.12. The van der Waals surface area contributed by atoms with Crippen molar-refractivity contribution in [3.63, 3.8) is 0 Å². The molecule has 118 valence electrons. The van der Waals surface area contributed by atoms with Crippen LogP contribution < -0.4 is 5.73 Å². The van der Waals surface area contributed by atoms with E-state index in [0.29, 0.717) is 19.5 Å². The molecule has 0 saturated carbocycles. The van der Waals surface area contributed by atoms with E-state index in [0.717, 1.165) is 28.9 Å².